The molecule has 0 spiro atoms. The van der Waals surface area contributed by atoms with Crippen LogP contribution in [-0.2, 0) is 0 Å². The third-order valence-electron chi connectivity index (χ3n) is 3.06. The van der Waals surface area contributed by atoms with E-state index in [1.54, 1.807) is 0 Å². The number of para-hydroxylation sites is 1. The molecule has 0 aliphatic carbocycles. The summed E-state index contributed by atoms with van der Waals surface area (Å²) in [5.74, 6) is 0.853. The van der Waals surface area contributed by atoms with Crippen molar-refractivity contribution in [2.24, 2.45) is 0 Å². The Morgan fingerprint density at radius 2 is 1.80 bits per heavy atom. The molecule has 0 saturated carbocycles. The second-order valence-electron chi connectivity index (χ2n) is 4.40. The van der Waals surface area contributed by atoms with Crippen LogP contribution >= 0.6 is 35.4 Å². The lowest BCUT2D eigenvalue weighted by molar-refractivity contribution is 1.04. The van der Waals surface area contributed by atoms with Gasteiger partial charge in [-0.15, -0.1) is 0 Å². The summed E-state index contributed by atoms with van der Waals surface area (Å²) < 4.78 is 7.24. The van der Waals surface area contributed by atoms with Gasteiger partial charge < -0.3 is 0 Å². The van der Waals surface area contributed by atoms with Gasteiger partial charge in [0.05, 0.1) is 5.69 Å². The molecule has 0 N–H and O–H groups in total. The first kappa shape index (κ1) is 13.5. The first-order chi connectivity index (χ1) is 9.66. The standard InChI is InChI=1S/C15H11ClN2S2/c1-10-4-2-3-5-13(10)18-14(17-20-15(18)19)11-6-8-12(16)9-7-11/h2-9H,1H3. The summed E-state index contributed by atoms with van der Waals surface area (Å²) in [6.45, 7) is 2.07. The number of hydrogen-bond acceptors (Lipinski definition) is 3. The molecule has 1 aromatic heterocycles. The van der Waals surface area contributed by atoms with Gasteiger partial charge in [0.1, 0.15) is 0 Å². The van der Waals surface area contributed by atoms with Crippen molar-refractivity contribution >= 4 is 35.4 Å². The fourth-order valence-electron chi connectivity index (χ4n) is 2.06. The van der Waals surface area contributed by atoms with Gasteiger partial charge in [-0.1, -0.05) is 29.8 Å². The Labute approximate surface area is 131 Å². The predicted octanol–water partition coefficient (Wildman–Crippen LogP) is 5.29. The lowest BCUT2D eigenvalue weighted by Crippen LogP contribution is -1.99. The van der Waals surface area contributed by atoms with Gasteiger partial charge in [-0.25, -0.2) is 0 Å². The van der Waals surface area contributed by atoms with Gasteiger partial charge in [0.2, 0.25) is 0 Å². The van der Waals surface area contributed by atoms with Crippen molar-refractivity contribution in [2.75, 3.05) is 0 Å². The second-order valence-corrected chi connectivity index (χ2v) is 6.23. The molecule has 0 bridgehead atoms. The first-order valence-electron chi connectivity index (χ1n) is 6.07. The minimum atomic E-state index is 0.713. The number of halogens is 1. The molecule has 0 fully saturated rings. The maximum absolute atomic E-state index is 5.94. The van der Waals surface area contributed by atoms with Crippen molar-refractivity contribution in [1.82, 2.24) is 8.94 Å². The zero-order valence-corrected chi connectivity index (χ0v) is 13.1. The zero-order valence-electron chi connectivity index (χ0n) is 10.7. The van der Waals surface area contributed by atoms with Gasteiger partial charge in [0.25, 0.3) is 0 Å². The monoisotopic (exact) mass is 318 g/mol. The van der Waals surface area contributed by atoms with E-state index in [1.807, 2.05) is 41.0 Å². The van der Waals surface area contributed by atoms with Crippen LogP contribution in [0.1, 0.15) is 5.56 Å². The topological polar surface area (TPSA) is 17.8 Å². The van der Waals surface area contributed by atoms with E-state index in [1.165, 1.54) is 17.1 Å². The quantitative estimate of drug-likeness (QED) is 0.597. The van der Waals surface area contributed by atoms with E-state index in [0.29, 0.717) is 5.02 Å². The summed E-state index contributed by atoms with van der Waals surface area (Å²) in [5.41, 5.74) is 3.24. The average molecular weight is 319 g/mol. The molecular formula is C15H11ClN2S2. The van der Waals surface area contributed by atoms with Crippen LogP contribution in [0.3, 0.4) is 0 Å². The highest BCUT2D eigenvalue weighted by Gasteiger charge is 2.12. The number of hydrogen-bond donors (Lipinski definition) is 0. The molecule has 3 rings (SSSR count). The summed E-state index contributed by atoms with van der Waals surface area (Å²) in [6.07, 6.45) is 0. The maximum Gasteiger partial charge on any atom is 0.185 e. The van der Waals surface area contributed by atoms with Gasteiger partial charge in [-0.05, 0) is 66.6 Å². The highest BCUT2D eigenvalue weighted by molar-refractivity contribution is 7.73. The van der Waals surface area contributed by atoms with Crippen molar-refractivity contribution in [3.8, 4) is 17.1 Å². The minimum absolute atomic E-state index is 0.713. The molecule has 0 saturated heterocycles. The van der Waals surface area contributed by atoms with E-state index in [9.17, 15) is 0 Å². The number of nitrogens with zero attached hydrogens (tertiary/aromatic N) is 2. The summed E-state index contributed by atoms with van der Waals surface area (Å²) in [6, 6.07) is 15.8. The van der Waals surface area contributed by atoms with Crippen molar-refractivity contribution in [3.63, 3.8) is 0 Å². The molecule has 1 heterocycles. The Bertz CT molecular complexity index is 803. The van der Waals surface area contributed by atoms with Gasteiger partial charge in [-0.2, -0.15) is 4.37 Å². The van der Waals surface area contributed by atoms with Crippen LogP contribution in [0, 0.1) is 10.9 Å². The summed E-state index contributed by atoms with van der Waals surface area (Å²) >= 11 is 12.7. The van der Waals surface area contributed by atoms with Gasteiger partial charge in [0, 0.05) is 10.6 Å². The van der Waals surface area contributed by atoms with Crippen LogP contribution < -0.4 is 0 Å². The van der Waals surface area contributed by atoms with Gasteiger partial charge >= 0.3 is 0 Å². The maximum atomic E-state index is 5.94. The molecule has 0 radical (unpaired) electrons. The third kappa shape index (κ3) is 2.42. The summed E-state index contributed by atoms with van der Waals surface area (Å²) in [4.78, 5) is 0. The average Bonchev–Trinajstić information content (AvgIpc) is 2.82. The van der Waals surface area contributed by atoms with Crippen molar-refractivity contribution < 1.29 is 0 Å². The summed E-state index contributed by atoms with van der Waals surface area (Å²) in [5, 5.41) is 0.713. The smallest absolute Gasteiger partial charge is 0.185 e. The largest absolute Gasteiger partial charge is 0.274 e. The SMILES string of the molecule is Cc1ccccc1-n1c(-c2ccc(Cl)cc2)nsc1=S. The minimum Gasteiger partial charge on any atom is -0.274 e. The molecule has 5 heteroatoms. The number of aromatic nitrogens is 2. The van der Waals surface area contributed by atoms with Crippen molar-refractivity contribution in [3.05, 3.63) is 63.1 Å². The predicted molar refractivity (Wildman–Crippen MR) is 87.5 cm³/mol. The molecule has 0 unspecified atom stereocenters. The van der Waals surface area contributed by atoms with Crippen LogP contribution in [0.15, 0.2) is 48.5 Å². The van der Waals surface area contributed by atoms with Gasteiger partial charge in [0.15, 0.2) is 9.78 Å². The Hall–Kier alpha value is -1.49. The molecule has 0 aliphatic rings. The lowest BCUT2D eigenvalue weighted by Gasteiger charge is -2.10. The zero-order chi connectivity index (χ0) is 14.1. The van der Waals surface area contributed by atoms with Crippen LogP contribution in [0.25, 0.3) is 17.1 Å². The Kier molecular flexibility index (Phi) is 3.70. The van der Waals surface area contributed by atoms with Crippen molar-refractivity contribution in [1.29, 1.82) is 0 Å². The number of aryl methyl sites for hydroxylation is 1. The number of benzene rings is 2. The normalized spacial score (nSPS) is 10.7. The van der Waals surface area contributed by atoms with E-state index in [0.717, 1.165) is 21.0 Å². The molecule has 3 aromatic rings. The highest BCUT2D eigenvalue weighted by atomic mass is 35.5. The Morgan fingerprint density at radius 1 is 1.10 bits per heavy atom. The lowest BCUT2D eigenvalue weighted by atomic mass is 10.1. The second kappa shape index (κ2) is 5.48. The first-order valence-corrected chi connectivity index (χ1v) is 7.63. The molecular weight excluding hydrogens is 308 g/mol. The highest BCUT2D eigenvalue weighted by Crippen LogP contribution is 2.27. The Morgan fingerprint density at radius 3 is 2.50 bits per heavy atom. The molecule has 2 nitrogen and oxygen atoms in total. The van der Waals surface area contributed by atoms with Crippen molar-refractivity contribution in [2.45, 2.75) is 6.92 Å². The third-order valence-corrected chi connectivity index (χ3v) is 4.32. The van der Waals surface area contributed by atoms with Crippen LogP contribution in [-0.4, -0.2) is 8.94 Å². The Balaban J connectivity index is 2.23. The van der Waals surface area contributed by atoms with Gasteiger partial charge in [-0.3, -0.25) is 4.57 Å². The fraction of sp³-hybridized carbons (Fsp3) is 0.0667. The van der Waals surface area contributed by atoms with E-state index in [2.05, 4.69) is 23.4 Å². The summed E-state index contributed by atoms with van der Waals surface area (Å²) in [7, 11) is 0. The molecule has 0 atom stereocenters. The molecule has 0 aliphatic heterocycles. The van der Waals surface area contributed by atoms with E-state index < -0.39 is 0 Å². The fourth-order valence-corrected chi connectivity index (χ4v) is 3.10. The van der Waals surface area contributed by atoms with Crippen LogP contribution in [0.5, 0.6) is 0 Å². The molecule has 100 valence electrons. The van der Waals surface area contributed by atoms with E-state index in [4.69, 9.17) is 23.8 Å². The van der Waals surface area contributed by atoms with E-state index >= 15 is 0 Å². The van der Waals surface area contributed by atoms with E-state index in [-0.39, 0.29) is 0 Å². The molecule has 20 heavy (non-hydrogen) atoms. The molecule has 0 amide bonds. The van der Waals surface area contributed by atoms with Crippen LogP contribution in [0.4, 0.5) is 0 Å². The van der Waals surface area contributed by atoms with Crippen LogP contribution in [0.2, 0.25) is 5.02 Å². The number of rotatable bonds is 2. The molecule has 2 aromatic carbocycles.